The second kappa shape index (κ2) is 5.58. The summed E-state index contributed by atoms with van der Waals surface area (Å²) in [5.74, 6) is -0.516. The molecule has 0 bridgehead atoms. The number of hydroxylamine groups is 1. The van der Waals surface area contributed by atoms with Crippen molar-refractivity contribution in [1.82, 2.24) is 10.2 Å². The highest BCUT2D eigenvalue weighted by molar-refractivity contribution is 9.10. The van der Waals surface area contributed by atoms with Crippen molar-refractivity contribution in [2.24, 2.45) is 0 Å². The smallest absolute Gasteiger partial charge is 0.276 e. The molecule has 0 spiro atoms. The Morgan fingerprint density at radius 1 is 1.42 bits per heavy atom. The average Bonchev–Trinajstić information content (AvgIpc) is 3.12. The van der Waals surface area contributed by atoms with Crippen molar-refractivity contribution >= 4 is 31.9 Å². The molecule has 1 aromatic carbocycles. The van der Waals surface area contributed by atoms with Crippen molar-refractivity contribution in [1.29, 1.82) is 0 Å². The van der Waals surface area contributed by atoms with Crippen molar-refractivity contribution in [2.45, 2.75) is 23.8 Å². The van der Waals surface area contributed by atoms with E-state index < -0.39 is 15.9 Å². The van der Waals surface area contributed by atoms with Crippen LogP contribution in [0, 0.1) is 0 Å². The minimum absolute atomic E-state index is 0.0184. The lowest BCUT2D eigenvalue weighted by molar-refractivity contribution is 0.0536. The van der Waals surface area contributed by atoms with Gasteiger partial charge in [0, 0.05) is 10.5 Å². The van der Waals surface area contributed by atoms with Crippen LogP contribution >= 0.6 is 15.9 Å². The lowest BCUT2D eigenvalue weighted by Crippen LogP contribution is -2.27. The van der Waals surface area contributed by atoms with Gasteiger partial charge in [-0.1, -0.05) is 0 Å². The largest absolute Gasteiger partial charge is 0.277 e. The molecule has 19 heavy (non-hydrogen) atoms. The van der Waals surface area contributed by atoms with Gasteiger partial charge in [0.1, 0.15) is 0 Å². The van der Waals surface area contributed by atoms with Crippen molar-refractivity contribution in [2.75, 3.05) is 7.11 Å². The average molecular weight is 349 g/mol. The Kier molecular flexibility index (Phi) is 4.24. The van der Waals surface area contributed by atoms with Gasteiger partial charge in [-0.3, -0.25) is 9.63 Å². The first-order valence-corrected chi connectivity index (χ1v) is 7.87. The summed E-state index contributed by atoms with van der Waals surface area (Å²) in [5.41, 5.74) is 2.35. The van der Waals surface area contributed by atoms with Gasteiger partial charge in [0.25, 0.3) is 5.91 Å². The van der Waals surface area contributed by atoms with Crippen molar-refractivity contribution in [3.63, 3.8) is 0 Å². The molecule has 1 aromatic rings. The molecule has 0 aliphatic heterocycles. The normalized spacial score (nSPS) is 15.3. The van der Waals surface area contributed by atoms with Gasteiger partial charge in [0.15, 0.2) is 0 Å². The van der Waals surface area contributed by atoms with E-state index in [1.54, 1.807) is 0 Å². The first kappa shape index (κ1) is 14.4. The summed E-state index contributed by atoms with van der Waals surface area (Å²) in [6, 6.07) is 4.29. The van der Waals surface area contributed by atoms with Crippen LogP contribution in [0.2, 0.25) is 0 Å². The van der Waals surface area contributed by atoms with Gasteiger partial charge in [-0.05, 0) is 47.0 Å². The van der Waals surface area contributed by atoms with E-state index in [9.17, 15) is 13.2 Å². The third-order valence-electron chi connectivity index (χ3n) is 2.59. The highest BCUT2D eigenvalue weighted by atomic mass is 79.9. The predicted molar refractivity (Wildman–Crippen MR) is 72.0 cm³/mol. The molecule has 0 heterocycles. The van der Waals surface area contributed by atoms with E-state index in [0.717, 1.165) is 12.8 Å². The number of rotatable bonds is 5. The molecule has 0 saturated heterocycles. The Bertz CT molecular complexity index is 599. The molecule has 1 amide bonds. The highest BCUT2D eigenvalue weighted by Crippen LogP contribution is 2.25. The summed E-state index contributed by atoms with van der Waals surface area (Å²) in [6.45, 7) is 0. The van der Waals surface area contributed by atoms with Crippen LogP contribution in [0.15, 0.2) is 27.6 Å². The quantitative estimate of drug-likeness (QED) is 0.782. The molecule has 2 rings (SSSR count). The molecule has 1 fully saturated rings. The number of sulfonamides is 1. The first-order valence-electron chi connectivity index (χ1n) is 5.59. The van der Waals surface area contributed by atoms with E-state index in [4.69, 9.17) is 0 Å². The van der Waals surface area contributed by atoms with Gasteiger partial charge in [-0.2, -0.15) is 0 Å². The van der Waals surface area contributed by atoms with Crippen molar-refractivity contribution in [3.8, 4) is 0 Å². The van der Waals surface area contributed by atoms with Crippen LogP contribution in [0.4, 0.5) is 0 Å². The van der Waals surface area contributed by atoms with E-state index in [2.05, 4.69) is 31.0 Å². The molecular formula is C11H13BrN2O4S. The third kappa shape index (κ3) is 3.53. The summed E-state index contributed by atoms with van der Waals surface area (Å²) < 4.78 is 27.1. The van der Waals surface area contributed by atoms with E-state index in [1.807, 2.05) is 0 Å². The van der Waals surface area contributed by atoms with E-state index >= 15 is 0 Å². The second-order valence-corrected chi connectivity index (χ2v) is 6.74. The lowest BCUT2D eigenvalue weighted by Gasteiger charge is -2.09. The number of hydrogen-bond acceptors (Lipinski definition) is 4. The van der Waals surface area contributed by atoms with Crippen LogP contribution < -0.4 is 10.2 Å². The van der Waals surface area contributed by atoms with Gasteiger partial charge < -0.3 is 0 Å². The molecule has 8 heteroatoms. The maximum absolute atomic E-state index is 12.0. The fourth-order valence-corrected chi connectivity index (χ4v) is 3.24. The summed E-state index contributed by atoms with van der Waals surface area (Å²) in [6.07, 6.45) is 1.71. The number of benzene rings is 1. The third-order valence-corrected chi connectivity index (χ3v) is 4.80. The molecule has 2 N–H and O–H groups in total. The second-order valence-electron chi connectivity index (χ2n) is 4.17. The molecular weight excluding hydrogens is 336 g/mol. The lowest BCUT2D eigenvalue weighted by atomic mass is 10.2. The van der Waals surface area contributed by atoms with Crippen LogP contribution in [0.25, 0.3) is 0 Å². The van der Waals surface area contributed by atoms with Crippen LogP contribution in [0.1, 0.15) is 23.2 Å². The fraction of sp³-hybridized carbons (Fsp3) is 0.364. The standard InChI is InChI=1S/C11H13BrN2O4S/c1-18-13-11(15)9-6-8(4-5-10(9)12)19(16,17)14-7-2-3-7/h4-7,14H,2-3H2,1H3,(H,13,15). The van der Waals surface area contributed by atoms with Crippen LogP contribution in [-0.4, -0.2) is 27.5 Å². The molecule has 0 radical (unpaired) electrons. The van der Waals surface area contributed by atoms with Crippen molar-refractivity contribution in [3.05, 3.63) is 28.2 Å². The van der Waals surface area contributed by atoms with Gasteiger partial charge in [0.2, 0.25) is 10.0 Å². The van der Waals surface area contributed by atoms with Gasteiger partial charge >= 0.3 is 0 Å². The SMILES string of the molecule is CONC(=O)c1cc(S(=O)(=O)NC2CC2)ccc1Br. The van der Waals surface area contributed by atoms with Crippen LogP contribution in [0.5, 0.6) is 0 Å². The minimum Gasteiger partial charge on any atom is -0.277 e. The zero-order chi connectivity index (χ0) is 14.0. The zero-order valence-electron chi connectivity index (χ0n) is 10.1. The number of carbonyl (C=O) groups excluding carboxylic acids is 1. The molecule has 0 aromatic heterocycles. The van der Waals surface area contributed by atoms with E-state index in [1.165, 1.54) is 25.3 Å². The monoisotopic (exact) mass is 348 g/mol. The number of hydrogen-bond donors (Lipinski definition) is 2. The topological polar surface area (TPSA) is 84.5 Å². The summed E-state index contributed by atoms with van der Waals surface area (Å²) in [7, 11) is -2.27. The zero-order valence-corrected chi connectivity index (χ0v) is 12.5. The van der Waals surface area contributed by atoms with Crippen molar-refractivity contribution < 1.29 is 18.0 Å². The molecule has 0 atom stereocenters. The Morgan fingerprint density at radius 2 is 2.11 bits per heavy atom. The highest BCUT2D eigenvalue weighted by Gasteiger charge is 2.28. The van der Waals surface area contributed by atoms with E-state index in [-0.39, 0.29) is 16.5 Å². The molecule has 1 saturated carbocycles. The summed E-state index contributed by atoms with van der Waals surface area (Å²) in [5, 5.41) is 0. The number of carbonyl (C=O) groups is 1. The Morgan fingerprint density at radius 3 is 2.68 bits per heavy atom. The molecule has 1 aliphatic carbocycles. The van der Waals surface area contributed by atoms with E-state index in [0.29, 0.717) is 4.47 Å². The van der Waals surface area contributed by atoms with Crippen LogP contribution in [0.3, 0.4) is 0 Å². The van der Waals surface area contributed by atoms with Gasteiger partial charge in [-0.15, -0.1) is 0 Å². The maximum atomic E-state index is 12.0. The number of amides is 1. The summed E-state index contributed by atoms with van der Waals surface area (Å²) in [4.78, 5) is 16.3. The predicted octanol–water partition coefficient (Wildman–Crippen LogP) is 1.18. The Labute approximate surface area is 119 Å². The van der Waals surface area contributed by atoms with Crippen LogP contribution in [-0.2, 0) is 14.9 Å². The molecule has 1 aliphatic rings. The van der Waals surface area contributed by atoms with Gasteiger partial charge in [0.05, 0.1) is 17.6 Å². The molecule has 6 nitrogen and oxygen atoms in total. The minimum atomic E-state index is -3.58. The first-order chi connectivity index (χ1) is 8.94. The fourth-order valence-electron chi connectivity index (χ4n) is 1.48. The van der Waals surface area contributed by atoms with Gasteiger partial charge in [-0.25, -0.2) is 18.6 Å². The Hall–Kier alpha value is -0.960. The molecule has 104 valence electrons. The molecule has 0 unspecified atom stereocenters. The number of halogens is 1. The number of nitrogens with one attached hydrogen (secondary N) is 2. The Balaban J connectivity index is 2.32. The summed E-state index contributed by atoms with van der Waals surface area (Å²) >= 11 is 3.20. The maximum Gasteiger partial charge on any atom is 0.276 e.